The number of aliphatic hydroxyl groups excluding tert-OH is 1. The SMILES string of the molecule is CCCCCCCCCCCCCCCCCCCCCCCCC(=O)O[C@H](COC(=O)CCCCCCCCCCCCCCCCCCC)COP(=O)(O)OC[C@@H](O)COP(=O)(O)OC[C@@H](COC(=O)CCCCCCCCC(C)CC)OC(=O)CCCCCCCCCCCCCC. The summed E-state index contributed by atoms with van der Waals surface area (Å²) in [6.45, 7) is 7.29. The fourth-order valence-corrected chi connectivity index (χ4v) is 14.3. The second kappa shape index (κ2) is 74.9. The summed E-state index contributed by atoms with van der Waals surface area (Å²) in [5.41, 5.74) is 0. The van der Waals surface area contributed by atoms with Crippen LogP contribution in [0.1, 0.15) is 439 Å². The van der Waals surface area contributed by atoms with E-state index in [9.17, 15) is 43.2 Å². The minimum atomic E-state index is -4.96. The Balaban J connectivity index is 5.20. The molecule has 0 aromatic heterocycles. The average molecular weight is 1480 g/mol. The quantitative estimate of drug-likeness (QED) is 0.0222. The van der Waals surface area contributed by atoms with Crippen molar-refractivity contribution >= 4 is 39.5 Å². The molecule has 0 aromatic carbocycles. The molecule has 19 heteroatoms. The third-order valence-corrected chi connectivity index (χ3v) is 21.5. The lowest BCUT2D eigenvalue weighted by molar-refractivity contribution is -0.161. The predicted octanol–water partition coefficient (Wildman–Crippen LogP) is 24.8. The van der Waals surface area contributed by atoms with Crippen LogP contribution in [0.15, 0.2) is 0 Å². The minimum absolute atomic E-state index is 0.107. The molecule has 600 valence electrons. The molecule has 17 nitrogen and oxygen atoms in total. The second-order valence-corrected chi connectivity index (χ2v) is 32.7. The predicted molar refractivity (Wildman–Crippen MR) is 414 cm³/mol. The number of hydrogen-bond acceptors (Lipinski definition) is 15. The summed E-state index contributed by atoms with van der Waals surface area (Å²) in [5.74, 6) is -1.38. The van der Waals surface area contributed by atoms with E-state index >= 15 is 0 Å². The van der Waals surface area contributed by atoms with Gasteiger partial charge in [0.05, 0.1) is 26.4 Å². The van der Waals surface area contributed by atoms with Crippen LogP contribution in [-0.2, 0) is 65.4 Å². The zero-order chi connectivity index (χ0) is 74.1. The molecule has 3 unspecified atom stereocenters. The highest BCUT2D eigenvalue weighted by molar-refractivity contribution is 7.47. The van der Waals surface area contributed by atoms with E-state index in [4.69, 9.17) is 37.0 Å². The number of ether oxygens (including phenoxy) is 4. The first-order chi connectivity index (χ1) is 49.1. The molecule has 0 radical (unpaired) electrons. The molecule has 101 heavy (non-hydrogen) atoms. The van der Waals surface area contributed by atoms with Gasteiger partial charge in [0.25, 0.3) is 0 Å². The normalized spacial score (nSPS) is 14.1. The van der Waals surface area contributed by atoms with Gasteiger partial charge in [-0.1, -0.05) is 388 Å². The molecule has 3 N–H and O–H groups in total. The first kappa shape index (κ1) is 99.1. The zero-order valence-corrected chi connectivity index (χ0v) is 67.8. The summed E-state index contributed by atoms with van der Waals surface area (Å²) >= 11 is 0. The molecule has 0 amide bonds. The van der Waals surface area contributed by atoms with Crippen molar-refractivity contribution in [1.82, 2.24) is 0 Å². The number of phosphoric ester groups is 2. The van der Waals surface area contributed by atoms with Crippen LogP contribution in [0.4, 0.5) is 0 Å². The van der Waals surface area contributed by atoms with Crippen LogP contribution in [0.5, 0.6) is 0 Å². The smallest absolute Gasteiger partial charge is 0.462 e. The maximum atomic E-state index is 13.1. The molecule has 0 spiro atoms. The number of esters is 4. The van der Waals surface area contributed by atoms with Crippen molar-refractivity contribution in [1.29, 1.82) is 0 Å². The van der Waals surface area contributed by atoms with E-state index in [0.717, 1.165) is 102 Å². The number of carbonyl (C=O) groups excluding carboxylic acids is 4. The van der Waals surface area contributed by atoms with E-state index in [1.807, 2.05) is 0 Å². The van der Waals surface area contributed by atoms with Crippen LogP contribution < -0.4 is 0 Å². The van der Waals surface area contributed by atoms with Gasteiger partial charge >= 0.3 is 39.5 Å². The van der Waals surface area contributed by atoms with E-state index in [2.05, 4.69) is 34.6 Å². The third kappa shape index (κ3) is 74.7. The number of carbonyl (C=O) groups is 4. The molecule has 0 aliphatic rings. The van der Waals surface area contributed by atoms with E-state index < -0.39 is 97.5 Å². The Morgan fingerprint density at radius 2 is 0.475 bits per heavy atom. The molecule has 0 aliphatic heterocycles. The van der Waals surface area contributed by atoms with Gasteiger partial charge in [0, 0.05) is 25.7 Å². The Hall–Kier alpha value is -1.94. The Morgan fingerprint density at radius 3 is 0.703 bits per heavy atom. The van der Waals surface area contributed by atoms with Crippen molar-refractivity contribution in [3.63, 3.8) is 0 Å². The lowest BCUT2D eigenvalue weighted by Gasteiger charge is -2.21. The van der Waals surface area contributed by atoms with Crippen molar-refractivity contribution in [3.8, 4) is 0 Å². The summed E-state index contributed by atoms with van der Waals surface area (Å²) < 4.78 is 68.7. The highest BCUT2D eigenvalue weighted by Crippen LogP contribution is 2.45. The standard InChI is InChI=1S/C82H160O17P2/c1-6-10-13-16-19-22-25-28-30-32-33-34-35-36-38-40-42-45-48-51-58-63-68-82(87)98-77(71-92-79(84)65-60-55-49-46-44-41-39-37-31-29-26-23-20-17-14-11-7-2)73-96-100(88,89)94-69-76(83)70-95-101(90,91)97-74-78(72-93-80(85)66-61-56-53-52-54-59-64-75(5)9-4)99-81(86)67-62-57-50-47-43-27-24-21-18-15-12-8-3/h75-78,83H,6-74H2,1-5H3,(H,88,89)(H,90,91)/t75?,76-,77-,78-/m1/s1. The molecule has 0 saturated carbocycles. The Kier molecular flexibility index (Phi) is 73.5. The molecule has 0 aliphatic carbocycles. The van der Waals surface area contributed by atoms with Crippen molar-refractivity contribution in [2.45, 2.75) is 457 Å². The van der Waals surface area contributed by atoms with Crippen molar-refractivity contribution in [2.24, 2.45) is 5.92 Å². The Labute approximate surface area is 619 Å². The molecule has 0 bridgehead atoms. The summed E-state index contributed by atoms with van der Waals surface area (Å²) in [5, 5.41) is 10.6. The molecular formula is C82H160O17P2. The number of rotatable bonds is 82. The maximum absolute atomic E-state index is 13.1. The number of hydrogen-bond donors (Lipinski definition) is 3. The average Bonchev–Trinajstić information content (AvgIpc) is 1.22. The monoisotopic (exact) mass is 1480 g/mol. The molecular weight excluding hydrogens is 1320 g/mol. The molecule has 6 atom stereocenters. The van der Waals surface area contributed by atoms with Crippen LogP contribution in [0.2, 0.25) is 0 Å². The van der Waals surface area contributed by atoms with E-state index in [0.29, 0.717) is 25.7 Å². The minimum Gasteiger partial charge on any atom is -0.462 e. The summed E-state index contributed by atoms with van der Waals surface area (Å²) in [6.07, 6.45) is 66.8. The lowest BCUT2D eigenvalue weighted by Crippen LogP contribution is -2.30. The van der Waals surface area contributed by atoms with Gasteiger partial charge in [-0.2, -0.15) is 0 Å². The molecule has 0 saturated heterocycles. The molecule has 0 rings (SSSR count). The largest absolute Gasteiger partial charge is 0.472 e. The van der Waals surface area contributed by atoms with Crippen molar-refractivity contribution in [3.05, 3.63) is 0 Å². The van der Waals surface area contributed by atoms with Gasteiger partial charge in [-0.3, -0.25) is 37.3 Å². The van der Waals surface area contributed by atoms with Crippen LogP contribution in [0.25, 0.3) is 0 Å². The second-order valence-electron chi connectivity index (χ2n) is 29.8. The van der Waals surface area contributed by atoms with Crippen molar-refractivity contribution in [2.75, 3.05) is 39.6 Å². The fourth-order valence-electron chi connectivity index (χ4n) is 12.7. The van der Waals surface area contributed by atoms with Crippen LogP contribution >= 0.6 is 15.6 Å². The first-order valence-electron chi connectivity index (χ1n) is 42.7. The summed E-state index contributed by atoms with van der Waals surface area (Å²) in [4.78, 5) is 73.0. The maximum Gasteiger partial charge on any atom is 0.472 e. The Bertz CT molecular complexity index is 1930. The van der Waals surface area contributed by atoms with Gasteiger partial charge in [-0.15, -0.1) is 0 Å². The van der Waals surface area contributed by atoms with Gasteiger partial charge < -0.3 is 33.8 Å². The fraction of sp³-hybridized carbons (Fsp3) is 0.951. The first-order valence-corrected chi connectivity index (χ1v) is 45.7. The van der Waals surface area contributed by atoms with Gasteiger partial charge in [0.2, 0.25) is 0 Å². The number of phosphoric acid groups is 2. The highest BCUT2D eigenvalue weighted by Gasteiger charge is 2.30. The summed E-state index contributed by atoms with van der Waals surface area (Å²) in [6, 6.07) is 0. The van der Waals surface area contributed by atoms with Crippen LogP contribution in [0, 0.1) is 5.92 Å². The molecule has 0 fully saturated rings. The van der Waals surface area contributed by atoms with Gasteiger partial charge in [-0.05, 0) is 31.6 Å². The van der Waals surface area contributed by atoms with Crippen LogP contribution in [-0.4, -0.2) is 96.7 Å². The van der Waals surface area contributed by atoms with Gasteiger partial charge in [0.1, 0.15) is 19.3 Å². The third-order valence-electron chi connectivity index (χ3n) is 19.6. The van der Waals surface area contributed by atoms with Crippen LogP contribution in [0.3, 0.4) is 0 Å². The van der Waals surface area contributed by atoms with E-state index in [-0.39, 0.29) is 25.7 Å². The van der Waals surface area contributed by atoms with Gasteiger partial charge in [-0.25, -0.2) is 9.13 Å². The van der Waals surface area contributed by atoms with E-state index in [1.54, 1.807) is 0 Å². The zero-order valence-electron chi connectivity index (χ0n) is 66.1. The Morgan fingerprint density at radius 1 is 0.277 bits per heavy atom. The number of aliphatic hydroxyl groups is 1. The lowest BCUT2D eigenvalue weighted by atomic mass is 10.00. The molecule has 0 aromatic rings. The van der Waals surface area contributed by atoms with Gasteiger partial charge in [0.15, 0.2) is 12.2 Å². The van der Waals surface area contributed by atoms with E-state index in [1.165, 1.54) is 257 Å². The van der Waals surface area contributed by atoms with Crippen molar-refractivity contribution < 1.29 is 80.2 Å². The molecule has 0 heterocycles. The summed E-state index contributed by atoms with van der Waals surface area (Å²) in [7, 11) is -9.92. The topological polar surface area (TPSA) is 237 Å². The number of unbranched alkanes of at least 4 members (excludes halogenated alkanes) is 53. The highest BCUT2D eigenvalue weighted by atomic mass is 31.2.